The van der Waals surface area contributed by atoms with Crippen molar-refractivity contribution in [3.05, 3.63) is 60.1 Å². The minimum Gasteiger partial charge on any atom is -0.472 e. The predicted molar refractivity (Wildman–Crippen MR) is 70.0 cm³/mol. The normalized spacial score (nSPS) is 12.5. The van der Waals surface area contributed by atoms with Crippen molar-refractivity contribution in [2.24, 2.45) is 5.92 Å². The first-order valence-electron chi connectivity index (χ1n) is 6.08. The number of hydrogen-bond donors (Lipinski definition) is 1. The molecule has 0 radical (unpaired) electrons. The van der Waals surface area contributed by atoms with Gasteiger partial charge in [-0.15, -0.1) is 0 Å². The van der Waals surface area contributed by atoms with Crippen LogP contribution in [0.2, 0.25) is 0 Å². The third-order valence-corrected chi connectivity index (χ3v) is 2.96. The van der Waals surface area contributed by atoms with Crippen LogP contribution in [0.3, 0.4) is 0 Å². The molecule has 1 aromatic carbocycles. The summed E-state index contributed by atoms with van der Waals surface area (Å²) in [6, 6.07) is 12.7. The number of hydrogen-bond acceptors (Lipinski definition) is 2. The van der Waals surface area contributed by atoms with Crippen LogP contribution in [-0.4, -0.2) is 13.6 Å². The van der Waals surface area contributed by atoms with Gasteiger partial charge in [-0.2, -0.15) is 0 Å². The molecule has 1 N–H and O–H groups in total. The van der Waals surface area contributed by atoms with E-state index >= 15 is 0 Å². The third-order valence-electron chi connectivity index (χ3n) is 2.96. The molecule has 0 saturated heterocycles. The molecule has 0 bridgehead atoms. The summed E-state index contributed by atoms with van der Waals surface area (Å²) >= 11 is 0. The Hall–Kier alpha value is -1.54. The summed E-state index contributed by atoms with van der Waals surface area (Å²) in [5, 5.41) is 3.27. The molecule has 1 aromatic heterocycles. The van der Waals surface area contributed by atoms with Crippen molar-refractivity contribution in [2.75, 3.05) is 13.6 Å². The monoisotopic (exact) mass is 229 g/mol. The largest absolute Gasteiger partial charge is 0.472 e. The highest BCUT2D eigenvalue weighted by atomic mass is 16.3. The summed E-state index contributed by atoms with van der Waals surface area (Å²) in [4.78, 5) is 0. The predicted octanol–water partition coefficient (Wildman–Crippen LogP) is 2.90. The summed E-state index contributed by atoms with van der Waals surface area (Å²) < 4.78 is 5.12. The second kappa shape index (κ2) is 6.26. The highest BCUT2D eigenvalue weighted by Gasteiger charge is 2.10. The van der Waals surface area contributed by atoms with Crippen LogP contribution in [0.5, 0.6) is 0 Å². The van der Waals surface area contributed by atoms with Crippen molar-refractivity contribution in [2.45, 2.75) is 12.8 Å². The minimum absolute atomic E-state index is 0.611. The Kier molecular flexibility index (Phi) is 4.39. The van der Waals surface area contributed by atoms with Gasteiger partial charge in [-0.1, -0.05) is 30.3 Å². The lowest BCUT2D eigenvalue weighted by atomic mass is 9.93. The molecule has 0 aliphatic heterocycles. The Labute approximate surface area is 103 Å². The average Bonchev–Trinajstić information content (AvgIpc) is 2.83. The van der Waals surface area contributed by atoms with E-state index in [0.717, 1.165) is 19.4 Å². The van der Waals surface area contributed by atoms with Crippen molar-refractivity contribution in [1.29, 1.82) is 0 Å². The topological polar surface area (TPSA) is 25.2 Å². The zero-order valence-electron chi connectivity index (χ0n) is 10.2. The lowest BCUT2D eigenvalue weighted by Crippen LogP contribution is -2.22. The smallest absolute Gasteiger partial charge is 0.0934 e. The van der Waals surface area contributed by atoms with E-state index in [1.165, 1.54) is 11.1 Å². The van der Waals surface area contributed by atoms with Crippen molar-refractivity contribution < 1.29 is 4.42 Å². The van der Waals surface area contributed by atoms with Gasteiger partial charge < -0.3 is 9.73 Å². The molecular formula is C15H19NO. The SMILES string of the molecule is CNCC(Cc1ccccc1)Cc1ccoc1. The second-order valence-corrected chi connectivity index (χ2v) is 4.45. The van der Waals surface area contributed by atoms with Gasteiger partial charge in [0.25, 0.3) is 0 Å². The Morgan fingerprint density at radius 1 is 1.06 bits per heavy atom. The zero-order chi connectivity index (χ0) is 11.9. The molecule has 2 nitrogen and oxygen atoms in total. The fraction of sp³-hybridized carbons (Fsp3) is 0.333. The van der Waals surface area contributed by atoms with Gasteiger partial charge in [-0.3, -0.25) is 0 Å². The standard InChI is InChI=1S/C15H19NO/c1-16-11-15(10-14-7-8-17-12-14)9-13-5-3-2-4-6-13/h2-8,12,15-16H,9-11H2,1H3. The number of furan rings is 1. The van der Waals surface area contributed by atoms with E-state index in [2.05, 4.69) is 35.6 Å². The third kappa shape index (κ3) is 3.75. The van der Waals surface area contributed by atoms with Gasteiger partial charge in [0.2, 0.25) is 0 Å². The van der Waals surface area contributed by atoms with Gasteiger partial charge in [-0.25, -0.2) is 0 Å². The van der Waals surface area contributed by atoms with Gasteiger partial charge in [-0.05, 0) is 49.5 Å². The molecule has 0 spiro atoms. The van der Waals surface area contributed by atoms with E-state index in [4.69, 9.17) is 4.42 Å². The summed E-state index contributed by atoms with van der Waals surface area (Å²) in [5.41, 5.74) is 2.68. The fourth-order valence-corrected chi connectivity index (χ4v) is 2.19. The number of benzene rings is 1. The molecule has 0 fully saturated rings. The van der Waals surface area contributed by atoms with Gasteiger partial charge in [0.1, 0.15) is 0 Å². The van der Waals surface area contributed by atoms with E-state index < -0.39 is 0 Å². The van der Waals surface area contributed by atoms with Gasteiger partial charge in [0.05, 0.1) is 12.5 Å². The molecule has 1 atom stereocenters. The number of rotatable bonds is 6. The Morgan fingerprint density at radius 2 is 1.82 bits per heavy atom. The van der Waals surface area contributed by atoms with Gasteiger partial charge >= 0.3 is 0 Å². The Morgan fingerprint density at radius 3 is 2.47 bits per heavy atom. The van der Waals surface area contributed by atoms with Crippen LogP contribution in [0.4, 0.5) is 0 Å². The first-order valence-corrected chi connectivity index (χ1v) is 6.08. The zero-order valence-corrected chi connectivity index (χ0v) is 10.2. The maximum atomic E-state index is 5.12. The van der Waals surface area contributed by atoms with Crippen LogP contribution in [-0.2, 0) is 12.8 Å². The molecule has 90 valence electrons. The molecular weight excluding hydrogens is 210 g/mol. The van der Waals surface area contributed by atoms with Crippen LogP contribution in [0.25, 0.3) is 0 Å². The average molecular weight is 229 g/mol. The van der Waals surface area contributed by atoms with Crippen molar-refractivity contribution in [3.8, 4) is 0 Å². The van der Waals surface area contributed by atoms with E-state index in [-0.39, 0.29) is 0 Å². The molecule has 0 aliphatic rings. The van der Waals surface area contributed by atoms with Crippen molar-refractivity contribution in [1.82, 2.24) is 5.32 Å². The van der Waals surface area contributed by atoms with E-state index in [9.17, 15) is 0 Å². The quantitative estimate of drug-likeness (QED) is 0.824. The van der Waals surface area contributed by atoms with Crippen molar-refractivity contribution in [3.63, 3.8) is 0 Å². The molecule has 0 saturated carbocycles. The first-order chi connectivity index (χ1) is 8.38. The molecule has 0 amide bonds. The lowest BCUT2D eigenvalue weighted by molar-refractivity contribution is 0.488. The van der Waals surface area contributed by atoms with Crippen LogP contribution in [0.1, 0.15) is 11.1 Å². The summed E-state index contributed by atoms with van der Waals surface area (Å²) in [7, 11) is 2.01. The lowest BCUT2D eigenvalue weighted by Gasteiger charge is -2.15. The van der Waals surface area contributed by atoms with Crippen LogP contribution in [0.15, 0.2) is 53.3 Å². The van der Waals surface area contributed by atoms with Gasteiger partial charge in [0.15, 0.2) is 0 Å². The molecule has 1 heterocycles. The molecule has 0 aliphatic carbocycles. The molecule has 17 heavy (non-hydrogen) atoms. The summed E-state index contributed by atoms with van der Waals surface area (Å²) in [6.07, 6.45) is 5.75. The Bertz CT molecular complexity index is 408. The van der Waals surface area contributed by atoms with Crippen LogP contribution >= 0.6 is 0 Å². The first kappa shape index (κ1) is 11.9. The second-order valence-electron chi connectivity index (χ2n) is 4.45. The van der Waals surface area contributed by atoms with Crippen LogP contribution < -0.4 is 5.32 Å². The van der Waals surface area contributed by atoms with Crippen molar-refractivity contribution >= 4 is 0 Å². The highest BCUT2D eigenvalue weighted by molar-refractivity contribution is 5.16. The summed E-state index contributed by atoms with van der Waals surface area (Å²) in [6.45, 7) is 1.03. The van der Waals surface area contributed by atoms with Crippen LogP contribution in [0, 0.1) is 5.92 Å². The van der Waals surface area contributed by atoms with E-state index in [1.54, 1.807) is 6.26 Å². The van der Waals surface area contributed by atoms with E-state index in [1.807, 2.05) is 19.4 Å². The maximum Gasteiger partial charge on any atom is 0.0934 e. The molecule has 1 unspecified atom stereocenters. The maximum absolute atomic E-state index is 5.12. The minimum atomic E-state index is 0.611. The highest BCUT2D eigenvalue weighted by Crippen LogP contribution is 2.14. The van der Waals surface area contributed by atoms with E-state index in [0.29, 0.717) is 5.92 Å². The summed E-state index contributed by atoms with van der Waals surface area (Å²) in [5.74, 6) is 0.611. The number of nitrogens with one attached hydrogen (secondary N) is 1. The molecule has 2 heteroatoms. The Balaban J connectivity index is 1.97. The fourth-order valence-electron chi connectivity index (χ4n) is 2.19. The van der Waals surface area contributed by atoms with Gasteiger partial charge in [0, 0.05) is 0 Å². The molecule has 2 aromatic rings. The molecule has 2 rings (SSSR count).